The Morgan fingerprint density at radius 2 is 2.20 bits per heavy atom. The third kappa shape index (κ3) is 5.56. The van der Waals surface area contributed by atoms with Crippen molar-refractivity contribution in [2.75, 3.05) is 20.2 Å². The molecule has 0 spiro atoms. The minimum atomic E-state index is 0. The largest absolute Gasteiger partial charge is 0.492 e. The second-order valence-electron chi connectivity index (χ2n) is 5.13. The highest BCUT2D eigenvalue weighted by atomic mass is 127. The molecule has 20 heavy (non-hydrogen) atoms. The number of aliphatic imine (C=N–C) groups is 1. The second kappa shape index (κ2) is 8.34. The first-order chi connectivity index (χ1) is 9.19. The maximum Gasteiger partial charge on any atom is 0.191 e. The molecule has 112 valence electrons. The Hall–Kier alpha value is -0.980. The second-order valence-corrected chi connectivity index (χ2v) is 5.13. The van der Waals surface area contributed by atoms with E-state index in [0.29, 0.717) is 12.6 Å². The van der Waals surface area contributed by atoms with Gasteiger partial charge in [-0.2, -0.15) is 0 Å². The van der Waals surface area contributed by atoms with E-state index in [1.807, 2.05) is 18.2 Å². The van der Waals surface area contributed by atoms with Crippen LogP contribution in [0.1, 0.15) is 18.9 Å². The number of rotatable bonds is 5. The van der Waals surface area contributed by atoms with Gasteiger partial charge in [-0.3, -0.25) is 4.99 Å². The van der Waals surface area contributed by atoms with Gasteiger partial charge in [0.15, 0.2) is 5.96 Å². The maximum atomic E-state index is 5.68. The van der Waals surface area contributed by atoms with Crippen molar-refractivity contribution in [3.05, 3.63) is 29.8 Å². The standard InChI is InChI=1S/C15H23N3O.HI/c1-11-5-4-6-13(9-11)19-8-7-17-15(16-3)18-14-10-12(14)2;/h4-6,9,12,14H,7-8,10H2,1-3H3,(H2,16,17,18);1H. The summed E-state index contributed by atoms with van der Waals surface area (Å²) in [6.07, 6.45) is 1.24. The van der Waals surface area contributed by atoms with Gasteiger partial charge in [0.05, 0.1) is 6.54 Å². The summed E-state index contributed by atoms with van der Waals surface area (Å²) in [6.45, 7) is 5.68. The van der Waals surface area contributed by atoms with Crippen molar-refractivity contribution in [3.63, 3.8) is 0 Å². The number of guanidine groups is 1. The van der Waals surface area contributed by atoms with Gasteiger partial charge >= 0.3 is 0 Å². The van der Waals surface area contributed by atoms with Gasteiger partial charge in [0.2, 0.25) is 0 Å². The predicted molar refractivity (Wildman–Crippen MR) is 94.2 cm³/mol. The van der Waals surface area contributed by atoms with E-state index >= 15 is 0 Å². The topological polar surface area (TPSA) is 45.7 Å². The number of ether oxygens (including phenoxy) is 1. The first-order valence-corrected chi connectivity index (χ1v) is 6.85. The molecule has 2 N–H and O–H groups in total. The van der Waals surface area contributed by atoms with E-state index in [4.69, 9.17) is 4.74 Å². The lowest BCUT2D eigenvalue weighted by Gasteiger charge is -2.12. The Balaban J connectivity index is 0.00000200. The van der Waals surface area contributed by atoms with Crippen LogP contribution in [-0.4, -0.2) is 32.2 Å². The molecule has 0 heterocycles. The zero-order valence-corrected chi connectivity index (χ0v) is 14.7. The monoisotopic (exact) mass is 389 g/mol. The lowest BCUT2D eigenvalue weighted by molar-refractivity contribution is 0.321. The third-order valence-corrected chi connectivity index (χ3v) is 3.31. The average molecular weight is 389 g/mol. The molecule has 4 nitrogen and oxygen atoms in total. The van der Waals surface area contributed by atoms with E-state index in [1.54, 1.807) is 7.05 Å². The Morgan fingerprint density at radius 1 is 1.45 bits per heavy atom. The average Bonchev–Trinajstić information content (AvgIpc) is 3.09. The minimum Gasteiger partial charge on any atom is -0.492 e. The molecule has 0 radical (unpaired) electrons. The van der Waals surface area contributed by atoms with Crippen LogP contribution >= 0.6 is 24.0 Å². The molecular weight excluding hydrogens is 365 g/mol. The van der Waals surface area contributed by atoms with Gasteiger partial charge < -0.3 is 15.4 Å². The Bertz CT molecular complexity index is 450. The van der Waals surface area contributed by atoms with Gasteiger partial charge in [0.25, 0.3) is 0 Å². The molecule has 0 amide bonds. The lowest BCUT2D eigenvalue weighted by Crippen LogP contribution is -2.40. The van der Waals surface area contributed by atoms with E-state index in [2.05, 4.69) is 35.5 Å². The summed E-state index contributed by atoms with van der Waals surface area (Å²) < 4.78 is 5.68. The first-order valence-electron chi connectivity index (χ1n) is 6.85. The number of hydrogen-bond acceptors (Lipinski definition) is 2. The van der Waals surface area contributed by atoms with E-state index in [-0.39, 0.29) is 24.0 Å². The van der Waals surface area contributed by atoms with Crippen molar-refractivity contribution < 1.29 is 4.74 Å². The van der Waals surface area contributed by atoms with Crippen molar-refractivity contribution in [1.82, 2.24) is 10.6 Å². The van der Waals surface area contributed by atoms with Gasteiger partial charge in [-0.25, -0.2) is 0 Å². The quantitative estimate of drug-likeness (QED) is 0.352. The number of nitrogens with zero attached hydrogens (tertiary/aromatic N) is 1. The van der Waals surface area contributed by atoms with Crippen LogP contribution in [0.3, 0.4) is 0 Å². The Labute approximate surface area is 138 Å². The molecule has 1 aromatic rings. The van der Waals surface area contributed by atoms with Gasteiger partial charge in [0, 0.05) is 13.1 Å². The normalized spacial score (nSPS) is 20.9. The molecule has 5 heteroatoms. The van der Waals surface area contributed by atoms with Gasteiger partial charge in [-0.15, -0.1) is 24.0 Å². The van der Waals surface area contributed by atoms with Crippen LogP contribution in [0.2, 0.25) is 0 Å². The smallest absolute Gasteiger partial charge is 0.191 e. The van der Waals surface area contributed by atoms with Crippen LogP contribution in [0.4, 0.5) is 0 Å². The predicted octanol–water partition coefficient (Wildman–Crippen LogP) is 2.57. The number of halogens is 1. The number of nitrogens with one attached hydrogen (secondary N) is 2. The van der Waals surface area contributed by atoms with Gasteiger partial charge in [-0.1, -0.05) is 19.1 Å². The molecule has 2 unspecified atom stereocenters. The molecule has 1 fully saturated rings. The zero-order valence-electron chi connectivity index (χ0n) is 12.3. The Morgan fingerprint density at radius 3 is 2.80 bits per heavy atom. The lowest BCUT2D eigenvalue weighted by atomic mass is 10.2. The molecule has 1 aromatic carbocycles. The summed E-state index contributed by atoms with van der Waals surface area (Å²) in [4.78, 5) is 4.20. The fourth-order valence-corrected chi connectivity index (χ4v) is 1.94. The van der Waals surface area contributed by atoms with Crippen molar-refractivity contribution in [3.8, 4) is 5.75 Å². The molecule has 0 bridgehead atoms. The van der Waals surface area contributed by atoms with Gasteiger partial charge in [-0.05, 0) is 37.0 Å². The summed E-state index contributed by atoms with van der Waals surface area (Å²) in [5.74, 6) is 2.55. The first kappa shape index (κ1) is 17.1. The minimum absolute atomic E-state index is 0. The van der Waals surface area contributed by atoms with E-state index < -0.39 is 0 Å². The summed E-state index contributed by atoms with van der Waals surface area (Å²) in [5, 5.41) is 6.64. The van der Waals surface area contributed by atoms with Gasteiger partial charge in [0.1, 0.15) is 12.4 Å². The molecule has 1 aliphatic carbocycles. The van der Waals surface area contributed by atoms with E-state index in [0.717, 1.165) is 24.2 Å². The van der Waals surface area contributed by atoms with Crippen molar-refractivity contribution in [1.29, 1.82) is 0 Å². The molecule has 2 rings (SSSR count). The van der Waals surface area contributed by atoms with Crippen LogP contribution in [0.5, 0.6) is 5.75 Å². The Kier molecular flexibility index (Phi) is 7.12. The fraction of sp³-hybridized carbons (Fsp3) is 0.533. The summed E-state index contributed by atoms with van der Waals surface area (Å²) in [5.41, 5.74) is 1.21. The highest BCUT2D eigenvalue weighted by molar-refractivity contribution is 14.0. The van der Waals surface area contributed by atoms with Crippen LogP contribution < -0.4 is 15.4 Å². The highest BCUT2D eigenvalue weighted by Crippen LogP contribution is 2.28. The third-order valence-electron chi connectivity index (χ3n) is 3.31. The molecule has 2 atom stereocenters. The fourth-order valence-electron chi connectivity index (χ4n) is 1.94. The molecular formula is C15H24IN3O. The molecule has 0 saturated heterocycles. The van der Waals surface area contributed by atoms with Crippen LogP contribution in [-0.2, 0) is 0 Å². The SMILES string of the molecule is CN=C(NCCOc1cccc(C)c1)NC1CC1C.I. The summed E-state index contributed by atoms with van der Waals surface area (Å²) in [6, 6.07) is 8.68. The van der Waals surface area contributed by atoms with E-state index in [9.17, 15) is 0 Å². The van der Waals surface area contributed by atoms with E-state index in [1.165, 1.54) is 12.0 Å². The molecule has 0 aromatic heterocycles. The number of benzene rings is 1. The van der Waals surface area contributed by atoms with Crippen molar-refractivity contribution in [2.45, 2.75) is 26.3 Å². The van der Waals surface area contributed by atoms with Crippen molar-refractivity contribution in [2.24, 2.45) is 10.9 Å². The maximum absolute atomic E-state index is 5.68. The highest BCUT2D eigenvalue weighted by Gasteiger charge is 2.33. The number of aryl methyl sites for hydroxylation is 1. The van der Waals surface area contributed by atoms with Crippen LogP contribution in [0.25, 0.3) is 0 Å². The molecule has 0 aliphatic heterocycles. The summed E-state index contributed by atoms with van der Waals surface area (Å²) >= 11 is 0. The van der Waals surface area contributed by atoms with Crippen LogP contribution in [0, 0.1) is 12.8 Å². The molecule has 1 saturated carbocycles. The molecule has 1 aliphatic rings. The zero-order chi connectivity index (χ0) is 13.7. The van der Waals surface area contributed by atoms with Crippen LogP contribution in [0.15, 0.2) is 29.3 Å². The number of hydrogen-bond donors (Lipinski definition) is 2. The van der Waals surface area contributed by atoms with Crippen molar-refractivity contribution >= 4 is 29.9 Å². The summed E-state index contributed by atoms with van der Waals surface area (Å²) in [7, 11) is 1.80.